The van der Waals surface area contributed by atoms with Crippen molar-refractivity contribution in [2.24, 2.45) is 0 Å². The van der Waals surface area contributed by atoms with Crippen molar-refractivity contribution in [2.45, 2.75) is 4.90 Å². The summed E-state index contributed by atoms with van der Waals surface area (Å²) >= 11 is 16.0. The van der Waals surface area contributed by atoms with E-state index in [1.165, 1.54) is 0 Å². The third kappa shape index (κ3) is 2.95. The third-order valence-electron chi connectivity index (χ3n) is 0.891. The van der Waals surface area contributed by atoms with Crippen LogP contribution >= 0.6 is 23.2 Å². The van der Waals surface area contributed by atoms with Gasteiger partial charge in [-0.1, -0.05) is 35.3 Å². The first-order valence-electron chi connectivity index (χ1n) is 2.32. The molecule has 4 heteroatoms. The van der Waals surface area contributed by atoms with Crippen molar-refractivity contribution in [1.29, 1.82) is 0 Å². The molecule has 0 aliphatic heterocycles. The van der Waals surface area contributed by atoms with Crippen molar-refractivity contribution in [2.75, 3.05) is 0 Å². The second-order valence-electron chi connectivity index (χ2n) is 1.58. The van der Waals surface area contributed by atoms with Gasteiger partial charge in [0, 0.05) is 0 Å². The minimum atomic E-state index is 0. The molecule has 0 heterocycles. The van der Waals surface area contributed by atoms with E-state index in [-0.39, 0.29) is 29.6 Å². The van der Waals surface area contributed by atoms with E-state index in [0.29, 0.717) is 14.9 Å². The van der Waals surface area contributed by atoms with Gasteiger partial charge in [0.25, 0.3) is 0 Å². The molecule has 1 rings (SSSR count). The van der Waals surface area contributed by atoms with Crippen molar-refractivity contribution in [3.63, 3.8) is 0 Å². The minimum Gasteiger partial charge on any atom is -0.780 e. The van der Waals surface area contributed by atoms with Crippen molar-refractivity contribution in [3.8, 4) is 0 Å². The van der Waals surface area contributed by atoms with Crippen molar-refractivity contribution in [1.82, 2.24) is 0 Å². The van der Waals surface area contributed by atoms with Gasteiger partial charge in [0.1, 0.15) is 0 Å². The van der Waals surface area contributed by atoms with E-state index in [0.717, 1.165) is 0 Å². The van der Waals surface area contributed by atoms with Crippen LogP contribution in [0.4, 0.5) is 0 Å². The Labute approximate surface area is 97.6 Å². The molecule has 0 aliphatic rings. The predicted molar refractivity (Wildman–Crippen MR) is 42.1 cm³/mol. The van der Waals surface area contributed by atoms with Crippen molar-refractivity contribution < 1.29 is 29.6 Å². The Bertz CT molecular complexity index is 227. The average molecular weight is 201 g/mol. The van der Waals surface area contributed by atoms with Crippen LogP contribution in [-0.2, 0) is 12.6 Å². The van der Waals surface area contributed by atoms with Crippen LogP contribution in [0.2, 0.25) is 10.0 Å². The Morgan fingerprint density at radius 3 is 2.10 bits per heavy atom. The van der Waals surface area contributed by atoms with Crippen molar-refractivity contribution in [3.05, 3.63) is 28.2 Å². The number of hydrogen-bond donors (Lipinski definition) is 0. The fraction of sp³-hybridized carbons (Fsp3) is 0. The normalized spacial score (nSPS) is 8.60. The zero-order valence-corrected chi connectivity index (χ0v) is 9.72. The van der Waals surface area contributed by atoms with E-state index in [9.17, 15) is 0 Å². The summed E-state index contributed by atoms with van der Waals surface area (Å²) in [6.45, 7) is 0. The Morgan fingerprint density at radius 1 is 1.10 bits per heavy atom. The summed E-state index contributed by atoms with van der Waals surface area (Å²) in [7, 11) is 0. The van der Waals surface area contributed by atoms with E-state index in [1.807, 2.05) is 0 Å². The SMILES string of the molecule is [Na+].[S-]c1ccc(Cl)c(Cl)c1. The molecule has 0 unspecified atom stereocenters. The number of hydrogen-bond acceptors (Lipinski definition) is 1. The van der Waals surface area contributed by atoms with Crippen LogP contribution in [0.5, 0.6) is 0 Å². The van der Waals surface area contributed by atoms with Crippen LogP contribution in [-0.4, -0.2) is 0 Å². The zero-order valence-electron chi connectivity index (χ0n) is 5.40. The maximum Gasteiger partial charge on any atom is 1.00 e. The molecule has 0 saturated heterocycles. The van der Waals surface area contributed by atoms with Gasteiger partial charge in [0.05, 0.1) is 10.0 Å². The summed E-state index contributed by atoms with van der Waals surface area (Å²) in [6.07, 6.45) is 0. The van der Waals surface area contributed by atoms with Crippen LogP contribution in [0.25, 0.3) is 0 Å². The fourth-order valence-corrected chi connectivity index (χ4v) is 1.03. The molecule has 0 fully saturated rings. The first kappa shape index (κ1) is 11.0. The van der Waals surface area contributed by atoms with Crippen LogP contribution < -0.4 is 29.6 Å². The van der Waals surface area contributed by atoms with E-state index in [2.05, 4.69) is 0 Å². The van der Waals surface area contributed by atoms with Crippen LogP contribution in [0.3, 0.4) is 0 Å². The Balaban J connectivity index is 0.000000810. The standard InChI is InChI=1S/C6H4Cl2S.Na/c7-5-2-1-4(9)3-6(5)8;/h1-3,9H;/q;+1/p-1. The van der Waals surface area contributed by atoms with E-state index in [4.69, 9.17) is 35.8 Å². The minimum absolute atomic E-state index is 0. The molecule has 0 amide bonds. The van der Waals surface area contributed by atoms with Gasteiger partial charge in [-0.25, -0.2) is 0 Å². The predicted octanol–water partition coefficient (Wildman–Crippen LogP) is -0.0968. The van der Waals surface area contributed by atoms with Crippen LogP contribution in [0.1, 0.15) is 0 Å². The summed E-state index contributed by atoms with van der Waals surface area (Å²) in [6, 6.07) is 5.08. The summed E-state index contributed by atoms with van der Waals surface area (Å²) < 4.78 is 0. The second-order valence-corrected chi connectivity index (χ2v) is 2.86. The number of benzene rings is 1. The van der Waals surface area contributed by atoms with Gasteiger partial charge in [-0.05, 0) is 6.07 Å². The summed E-state index contributed by atoms with van der Waals surface area (Å²) in [5.41, 5.74) is 0. The number of rotatable bonds is 0. The van der Waals surface area contributed by atoms with Gasteiger partial charge in [-0.2, -0.15) is 4.90 Å². The maximum absolute atomic E-state index is 5.62. The largest absolute Gasteiger partial charge is 1.00 e. The molecule has 0 aromatic heterocycles. The number of halogens is 2. The molecule has 0 aliphatic carbocycles. The molecule has 0 spiro atoms. The molecule has 48 valence electrons. The molecular weight excluding hydrogens is 198 g/mol. The Kier molecular flexibility index (Phi) is 5.30. The van der Waals surface area contributed by atoms with Gasteiger partial charge < -0.3 is 12.6 Å². The molecule has 0 N–H and O–H groups in total. The average Bonchev–Trinajstić information content (AvgIpc) is 1.80. The van der Waals surface area contributed by atoms with Gasteiger partial charge in [-0.3, -0.25) is 0 Å². The maximum atomic E-state index is 5.62. The zero-order chi connectivity index (χ0) is 6.85. The van der Waals surface area contributed by atoms with E-state index >= 15 is 0 Å². The quantitative estimate of drug-likeness (QED) is 0.417. The topological polar surface area (TPSA) is 0 Å². The fourth-order valence-electron chi connectivity index (χ4n) is 0.477. The smallest absolute Gasteiger partial charge is 0.780 e. The molecule has 1 aromatic carbocycles. The van der Waals surface area contributed by atoms with Crippen LogP contribution in [0.15, 0.2) is 23.1 Å². The Hall–Kier alpha value is 1.02. The van der Waals surface area contributed by atoms with Gasteiger partial charge >= 0.3 is 29.6 Å². The van der Waals surface area contributed by atoms with E-state index in [1.54, 1.807) is 18.2 Å². The molecule has 0 nitrogen and oxygen atoms in total. The van der Waals surface area contributed by atoms with Gasteiger partial charge in [-0.15, -0.1) is 0 Å². The second kappa shape index (κ2) is 4.81. The molecular formula is C6H3Cl2NaS. The van der Waals surface area contributed by atoms with E-state index < -0.39 is 0 Å². The summed E-state index contributed by atoms with van der Waals surface area (Å²) in [5, 5.41) is 1.06. The molecule has 0 radical (unpaired) electrons. The molecule has 1 aromatic rings. The molecule has 0 atom stereocenters. The molecule has 0 bridgehead atoms. The first-order chi connectivity index (χ1) is 4.20. The monoisotopic (exact) mass is 200 g/mol. The molecule has 0 saturated carbocycles. The third-order valence-corrected chi connectivity index (χ3v) is 1.88. The summed E-state index contributed by atoms with van der Waals surface area (Å²) in [5.74, 6) is 0. The molecule has 10 heavy (non-hydrogen) atoms. The van der Waals surface area contributed by atoms with Gasteiger partial charge in [0.2, 0.25) is 0 Å². The van der Waals surface area contributed by atoms with Gasteiger partial charge in [0.15, 0.2) is 0 Å². The summed E-state index contributed by atoms with van der Waals surface area (Å²) in [4.78, 5) is 0.712. The first-order valence-corrected chi connectivity index (χ1v) is 3.48. The van der Waals surface area contributed by atoms with Crippen molar-refractivity contribution >= 4 is 35.8 Å². The Morgan fingerprint density at radius 2 is 1.70 bits per heavy atom. The van der Waals surface area contributed by atoms with Crippen LogP contribution in [0, 0.1) is 0 Å².